The van der Waals surface area contributed by atoms with Crippen LogP contribution < -0.4 is 11.4 Å². The number of aromatic hydroxyl groups is 1. The number of nitrogens with zero attached hydrogens (tertiary/aromatic N) is 2. The van der Waals surface area contributed by atoms with E-state index in [0.717, 1.165) is 12.7 Å². The van der Waals surface area contributed by atoms with Crippen LogP contribution in [0.1, 0.15) is 0 Å². The molecule has 0 fully saturated rings. The number of nitrogens with two attached hydrogens (primary N) is 1. The maximum absolute atomic E-state index is 12.0. The van der Waals surface area contributed by atoms with Gasteiger partial charge in [-0.25, -0.2) is 9.36 Å². The summed E-state index contributed by atoms with van der Waals surface area (Å²) in [5.41, 5.74) is 5.05. The van der Waals surface area contributed by atoms with Gasteiger partial charge in [-0.1, -0.05) is 6.07 Å². The average molecular weight is 359 g/mol. The predicted molar refractivity (Wildman–Crippen MR) is 73.6 cm³/mol. The Bertz CT molecular complexity index is 660. The number of carbonyl (C=O) groups excluding carboxylic acids is 1. The van der Waals surface area contributed by atoms with E-state index in [2.05, 4.69) is 22.6 Å². The Morgan fingerprint density at radius 3 is 2.78 bits per heavy atom. The Morgan fingerprint density at radius 2 is 2.17 bits per heavy atom. The molecule has 1 aromatic carbocycles. The number of hydrogen-bond acceptors (Lipinski definition) is 3. The van der Waals surface area contributed by atoms with E-state index >= 15 is 0 Å². The number of hydrogen-bond donors (Lipinski definition) is 2. The van der Waals surface area contributed by atoms with E-state index < -0.39 is 11.6 Å². The molecule has 0 saturated heterocycles. The van der Waals surface area contributed by atoms with Crippen LogP contribution in [0.15, 0.2) is 35.3 Å². The second kappa shape index (κ2) is 4.84. The van der Waals surface area contributed by atoms with E-state index in [1.807, 2.05) is 6.07 Å². The molecule has 1 amide bonds. The summed E-state index contributed by atoms with van der Waals surface area (Å²) in [6.07, 6.45) is 1.19. The van der Waals surface area contributed by atoms with Gasteiger partial charge in [0.15, 0.2) is 0 Å². The van der Waals surface area contributed by atoms with Gasteiger partial charge in [0.2, 0.25) is 11.8 Å². The van der Waals surface area contributed by atoms with E-state index in [4.69, 9.17) is 5.73 Å². The lowest BCUT2D eigenvalue weighted by Gasteiger charge is -2.03. The van der Waals surface area contributed by atoms with Crippen LogP contribution in [0.4, 0.5) is 0 Å². The summed E-state index contributed by atoms with van der Waals surface area (Å²) in [4.78, 5) is 22.8. The third kappa shape index (κ3) is 2.40. The quantitative estimate of drug-likeness (QED) is 0.779. The third-order valence-electron chi connectivity index (χ3n) is 2.33. The average Bonchev–Trinajstić information content (AvgIpc) is 2.53. The van der Waals surface area contributed by atoms with Crippen molar-refractivity contribution in [1.82, 2.24) is 9.13 Å². The number of primary amides is 1. The first-order chi connectivity index (χ1) is 8.49. The summed E-state index contributed by atoms with van der Waals surface area (Å²) < 4.78 is 3.11. The van der Waals surface area contributed by atoms with Crippen molar-refractivity contribution >= 4 is 28.5 Å². The summed E-state index contributed by atoms with van der Waals surface area (Å²) in [5.74, 6) is -0.875. The molecule has 0 radical (unpaired) electrons. The number of carbonyl (C=O) groups is 1. The van der Waals surface area contributed by atoms with Crippen LogP contribution in [-0.2, 0) is 11.3 Å². The van der Waals surface area contributed by atoms with Gasteiger partial charge in [0, 0.05) is 3.57 Å². The minimum Gasteiger partial charge on any atom is -0.493 e. The van der Waals surface area contributed by atoms with Gasteiger partial charge in [-0.15, -0.1) is 0 Å². The van der Waals surface area contributed by atoms with E-state index in [0.29, 0.717) is 5.69 Å². The first kappa shape index (κ1) is 12.7. The predicted octanol–water partition coefficient (Wildman–Crippen LogP) is 0.434. The van der Waals surface area contributed by atoms with Crippen LogP contribution in [0.3, 0.4) is 0 Å². The zero-order valence-corrected chi connectivity index (χ0v) is 11.4. The fourth-order valence-corrected chi connectivity index (χ4v) is 2.14. The van der Waals surface area contributed by atoms with Crippen molar-refractivity contribution in [2.24, 2.45) is 5.73 Å². The Labute approximate surface area is 116 Å². The lowest BCUT2D eigenvalue weighted by molar-refractivity contribution is -0.118. The lowest BCUT2D eigenvalue weighted by Crippen LogP contribution is -2.28. The molecule has 0 bridgehead atoms. The van der Waals surface area contributed by atoms with E-state index in [1.165, 1.54) is 6.20 Å². The van der Waals surface area contributed by atoms with Crippen molar-refractivity contribution in [3.05, 3.63) is 44.5 Å². The van der Waals surface area contributed by atoms with Crippen LogP contribution in [-0.4, -0.2) is 20.1 Å². The monoisotopic (exact) mass is 359 g/mol. The number of imidazole rings is 1. The molecule has 0 spiro atoms. The fraction of sp³-hybridized carbons (Fsp3) is 0.0909. The third-order valence-corrected chi connectivity index (χ3v) is 3.00. The Hall–Kier alpha value is -1.77. The summed E-state index contributed by atoms with van der Waals surface area (Å²) >= 11 is 2.10. The Kier molecular flexibility index (Phi) is 3.41. The molecule has 1 aromatic heterocycles. The molecule has 0 aliphatic rings. The number of aromatic nitrogens is 2. The largest absolute Gasteiger partial charge is 0.493 e. The molecule has 7 heteroatoms. The fourth-order valence-electron chi connectivity index (χ4n) is 1.62. The van der Waals surface area contributed by atoms with Gasteiger partial charge in [0.1, 0.15) is 6.54 Å². The molecule has 6 nitrogen and oxygen atoms in total. The second-order valence-electron chi connectivity index (χ2n) is 3.68. The molecule has 0 unspecified atom stereocenters. The van der Waals surface area contributed by atoms with Gasteiger partial charge in [0.25, 0.3) is 0 Å². The smallest absolute Gasteiger partial charge is 0.336 e. The molecular weight excluding hydrogens is 349 g/mol. The van der Waals surface area contributed by atoms with Crippen molar-refractivity contribution < 1.29 is 9.90 Å². The Balaban J connectivity index is 2.55. The van der Waals surface area contributed by atoms with Crippen molar-refractivity contribution in [1.29, 1.82) is 0 Å². The summed E-state index contributed by atoms with van der Waals surface area (Å²) in [7, 11) is 0. The maximum atomic E-state index is 12.0. The van der Waals surface area contributed by atoms with Crippen LogP contribution in [0.5, 0.6) is 5.88 Å². The maximum Gasteiger partial charge on any atom is 0.336 e. The summed E-state index contributed by atoms with van der Waals surface area (Å²) in [6, 6.07) is 7.08. The highest BCUT2D eigenvalue weighted by molar-refractivity contribution is 14.1. The SMILES string of the molecule is NC(=O)Cn1cc(O)n(-c2cccc(I)c2)c1=O. The van der Waals surface area contributed by atoms with Crippen molar-refractivity contribution in [2.45, 2.75) is 6.54 Å². The van der Waals surface area contributed by atoms with Gasteiger partial charge >= 0.3 is 5.69 Å². The molecule has 2 aromatic rings. The van der Waals surface area contributed by atoms with E-state index in [9.17, 15) is 14.7 Å². The number of rotatable bonds is 3. The molecule has 3 N–H and O–H groups in total. The number of benzene rings is 1. The van der Waals surface area contributed by atoms with Gasteiger partial charge < -0.3 is 10.8 Å². The van der Waals surface area contributed by atoms with Crippen LogP contribution in [0, 0.1) is 3.57 Å². The summed E-state index contributed by atoms with van der Waals surface area (Å²) in [5, 5.41) is 9.76. The minimum atomic E-state index is -0.642. The molecule has 94 valence electrons. The van der Waals surface area contributed by atoms with E-state index in [1.54, 1.807) is 18.2 Å². The minimum absolute atomic E-state index is 0.233. The van der Waals surface area contributed by atoms with Crippen LogP contribution in [0.2, 0.25) is 0 Å². The van der Waals surface area contributed by atoms with Gasteiger partial charge in [-0.2, -0.15) is 0 Å². The molecule has 0 aliphatic carbocycles. The first-order valence-electron chi connectivity index (χ1n) is 5.04. The van der Waals surface area contributed by atoms with Gasteiger partial charge in [-0.3, -0.25) is 9.36 Å². The molecule has 18 heavy (non-hydrogen) atoms. The standard InChI is InChI=1S/C11H10IN3O3/c12-7-2-1-3-8(4-7)15-10(17)6-14(11(15)18)5-9(13)16/h1-4,6,17H,5H2,(H2,13,16). The highest BCUT2D eigenvalue weighted by Crippen LogP contribution is 2.16. The zero-order chi connectivity index (χ0) is 13.3. The van der Waals surface area contributed by atoms with E-state index in [-0.39, 0.29) is 12.4 Å². The number of amides is 1. The first-order valence-corrected chi connectivity index (χ1v) is 6.12. The Morgan fingerprint density at radius 1 is 1.44 bits per heavy atom. The van der Waals surface area contributed by atoms with Crippen molar-refractivity contribution in [3.8, 4) is 11.6 Å². The van der Waals surface area contributed by atoms with Gasteiger partial charge in [0.05, 0.1) is 11.9 Å². The molecule has 2 rings (SSSR count). The normalized spacial score (nSPS) is 10.5. The zero-order valence-electron chi connectivity index (χ0n) is 9.21. The van der Waals surface area contributed by atoms with Crippen LogP contribution in [0.25, 0.3) is 5.69 Å². The second-order valence-corrected chi connectivity index (χ2v) is 4.93. The topological polar surface area (TPSA) is 90.2 Å². The number of halogens is 1. The van der Waals surface area contributed by atoms with Crippen LogP contribution >= 0.6 is 22.6 Å². The highest BCUT2D eigenvalue weighted by Gasteiger charge is 2.13. The molecule has 1 heterocycles. The van der Waals surface area contributed by atoms with Crippen molar-refractivity contribution in [3.63, 3.8) is 0 Å². The highest BCUT2D eigenvalue weighted by atomic mass is 127. The molecule has 0 saturated carbocycles. The molecule has 0 atom stereocenters. The van der Waals surface area contributed by atoms with Gasteiger partial charge in [-0.05, 0) is 40.8 Å². The summed E-state index contributed by atoms with van der Waals surface area (Å²) in [6.45, 7) is -0.261. The molecule has 0 aliphatic heterocycles. The van der Waals surface area contributed by atoms with Crippen molar-refractivity contribution in [2.75, 3.05) is 0 Å². The molecular formula is C11H10IN3O3. The lowest BCUT2D eigenvalue weighted by atomic mass is 10.3.